The Bertz CT molecular complexity index is 1540. The maximum absolute atomic E-state index is 13.5. The summed E-state index contributed by atoms with van der Waals surface area (Å²) in [6.45, 7) is 4.98. The molecule has 8 nitrogen and oxygen atoms in total. The quantitative estimate of drug-likeness (QED) is 0.154. The van der Waals surface area contributed by atoms with E-state index in [0.717, 1.165) is 11.1 Å². The van der Waals surface area contributed by atoms with E-state index >= 15 is 0 Å². The van der Waals surface area contributed by atoms with E-state index in [1.54, 1.807) is 67.8 Å². The number of aliphatic hydroxyl groups is 1. The van der Waals surface area contributed by atoms with E-state index < -0.39 is 17.7 Å². The van der Waals surface area contributed by atoms with Crippen LogP contribution in [0.5, 0.6) is 17.2 Å². The molecule has 0 saturated carbocycles. The third-order valence-corrected chi connectivity index (χ3v) is 7.36. The highest BCUT2D eigenvalue weighted by molar-refractivity contribution is 7.22. The van der Waals surface area contributed by atoms with E-state index in [2.05, 4.69) is 4.98 Å². The maximum atomic E-state index is 13.5. The van der Waals surface area contributed by atoms with Crippen molar-refractivity contribution in [2.45, 2.75) is 26.3 Å². The van der Waals surface area contributed by atoms with Crippen LogP contribution in [0.25, 0.3) is 16.0 Å². The monoisotopic (exact) mass is 544 g/mol. The highest BCUT2D eigenvalue weighted by atomic mass is 32.1. The number of carbonyl (C=O) groups is 2. The average molecular weight is 545 g/mol. The number of ether oxygens (including phenoxy) is 3. The van der Waals surface area contributed by atoms with Crippen LogP contribution in [0.1, 0.15) is 37.4 Å². The molecule has 3 aromatic carbocycles. The minimum Gasteiger partial charge on any atom is -0.507 e. The van der Waals surface area contributed by atoms with Crippen LogP contribution >= 0.6 is 11.3 Å². The second kappa shape index (κ2) is 11.2. The predicted molar refractivity (Wildman–Crippen MR) is 151 cm³/mol. The Balaban J connectivity index is 1.64. The number of thiazole rings is 1. The first-order chi connectivity index (χ1) is 18.9. The fraction of sp³-hybridized carbons (Fsp3) is 0.233. The van der Waals surface area contributed by atoms with Crippen molar-refractivity contribution in [3.05, 3.63) is 83.4 Å². The van der Waals surface area contributed by atoms with Crippen molar-refractivity contribution in [3.63, 3.8) is 0 Å². The van der Waals surface area contributed by atoms with Gasteiger partial charge in [0.2, 0.25) is 0 Å². The SMILES string of the molecule is CCCOc1ccc(C2/C(=C(\O)c3ccc(OCC)cc3)C(=O)C(=O)N2c2nc3ccc(OC)cc3s2)cc1. The van der Waals surface area contributed by atoms with Crippen molar-refractivity contribution in [2.75, 3.05) is 25.2 Å². The summed E-state index contributed by atoms with van der Waals surface area (Å²) in [4.78, 5) is 33.0. The summed E-state index contributed by atoms with van der Waals surface area (Å²) in [6, 6.07) is 18.5. The molecule has 1 aliphatic rings. The number of amides is 1. The molecule has 1 saturated heterocycles. The fourth-order valence-electron chi connectivity index (χ4n) is 4.47. The summed E-state index contributed by atoms with van der Waals surface area (Å²) in [5.41, 5.74) is 1.70. The zero-order chi connectivity index (χ0) is 27.5. The van der Waals surface area contributed by atoms with Gasteiger partial charge in [-0.1, -0.05) is 30.4 Å². The molecular formula is C30H28N2O6S. The molecule has 0 spiro atoms. The number of ketones is 1. The van der Waals surface area contributed by atoms with Gasteiger partial charge in [0.05, 0.1) is 42.2 Å². The lowest BCUT2D eigenvalue weighted by Crippen LogP contribution is -2.29. The second-order valence-corrected chi connectivity index (χ2v) is 9.88. The predicted octanol–water partition coefficient (Wildman–Crippen LogP) is 6.12. The van der Waals surface area contributed by atoms with Gasteiger partial charge in [-0.2, -0.15) is 0 Å². The lowest BCUT2D eigenvalue weighted by molar-refractivity contribution is -0.132. The molecule has 9 heteroatoms. The molecule has 0 radical (unpaired) electrons. The zero-order valence-electron chi connectivity index (χ0n) is 21.8. The van der Waals surface area contributed by atoms with E-state index in [0.29, 0.717) is 52.2 Å². The number of fused-ring (bicyclic) bond motifs is 1. The van der Waals surface area contributed by atoms with Gasteiger partial charge in [-0.05, 0) is 73.5 Å². The van der Waals surface area contributed by atoms with Crippen LogP contribution in [0.15, 0.2) is 72.3 Å². The standard InChI is InChI=1S/C30H28N2O6S/c1-4-16-38-21-10-6-18(7-11-21)26-25(27(33)19-8-12-20(13-9-19)37-5-2)28(34)29(35)32(26)30-31-23-15-14-22(36-3)17-24(23)39-30/h6-15,17,26,33H,4-5,16H2,1-3H3/b27-25+. The number of Topliss-reactive ketones (excluding diaryl/α,β-unsaturated/α-hetero) is 1. The van der Waals surface area contributed by atoms with Crippen LogP contribution < -0.4 is 19.1 Å². The third-order valence-electron chi connectivity index (χ3n) is 6.34. The number of carbonyl (C=O) groups excluding carboxylic acids is 2. The lowest BCUT2D eigenvalue weighted by Gasteiger charge is -2.23. The summed E-state index contributed by atoms with van der Waals surface area (Å²) in [5.74, 6) is 0.168. The molecular weight excluding hydrogens is 516 g/mol. The summed E-state index contributed by atoms with van der Waals surface area (Å²) >= 11 is 1.28. The number of aliphatic hydroxyl groups excluding tert-OH is 1. The second-order valence-electron chi connectivity index (χ2n) is 8.87. The van der Waals surface area contributed by atoms with E-state index in [9.17, 15) is 14.7 Å². The number of hydrogen-bond acceptors (Lipinski definition) is 8. The summed E-state index contributed by atoms with van der Waals surface area (Å²) < 4.78 is 17.4. The molecule has 200 valence electrons. The van der Waals surface area contributed by atoms with Crippen LogP contribution in [0.3, 0.4) is 0 Å². The molecule has 1 unspecified atom stereocenters. The van der Waals surface area contributed by atoms with Crippen LogP contribution in [0.4, 0.5) is 5.13 Å². The van der Waals surface area contributed by atoms with Gasteiger partial charge < -0.3 is 19.3 Å². The fourth-order valence-corrected chi connectivity index (χ4v) is 5.49. The Morgan fingerprint density at radius 3 is 2.28 bits per heavy atom. The molecule has 0 aliphatic carbocycles. The van der Waals surface area contributed by atoms with Crippen molar-refractivity contribution in [1.29, 1.82) is 0 Å². The van der Waals surface area contributed by atoms with Crippen molar-refractivity contribution < 1.29 is 28.9 Å². The number of rotatable bonds is 9. The van der Waals surface area contributed by atoms with Crippen LogP contribution in [0.2, 0.25) is 0 Å². The molecule has 5 rings (SSSR count). The van der Waals surface area contributed by atoms with Gasteiger partial charge in [0, 0.05) is 5.56 Å². The number of nitrogens with zero attached hydrogens (tertiary/aromatic N) is 2. The molecule has 1 fully saturated rings. The first kappa shape index (κ1) is 26.2. The van der Waals surface area contributed by atoms with E-state index in [1.165, 1.54) is 16.2 Å². The number of hydrogen-bond donors (Lipinski definition) is 1. The molecule has 1 N–H and O–H groups in total. The maximum Gasteiger partial charge on any atom is 0.301 e. The van der Waals surface area contributed by atoms with Crippen LogP contribution in [-0.2, 0) is 9.59 Å². The molecule has 1 atom stereocenters. The first-order valence-corrected chi connectivity index (χ1v) is 13.5. The van der Waals surface area contributed by atoms with Gasteiger partial charge in [0.25, 0.3) is 5.78 Å². The molecule has 1 aliphatic heterocycles. The van der Waals surface area contributed by atoms with Crippen molar-refractivity contribution in [3.8, 4) is 17.2 Å². The Kier molecular flexibility index (Phi) is 7.51. The number of benzene rings is 3. The van der Waals surface area contributed by atoms with Gasteiger partial charge in [0.1, 0.15) is 23.0 Å². The Morgan fingerprint density at radius 1 is 0.949 bits per heavy atom. The summed E-state index contributed by atoms with van der Waals surface area (Å²) in [5, 5.41) is 11.7. The van der Waals surface area contributed by atoms with E-state index in [4.69, 9.17) is 14.2 Å². The highest BCUT2D eigenvalue weighted by Gasteiger charge is 2.48. The number of aromatic nitrogens is 1. The number of methoxy groups -OCH3 is 1. The van der Waals surface area contributed by atoms with Gasteiger partial charge in [-0.3, -0.25) is 14.5 Å². The van der Waals surface area contributed by atoms with Gasteiger partial charge in [0.15, 0.2) is 5.13 Å². The van der Waals surface area contributed by atoms with Crippen molar-refractivity contribution >= 4 is 44.1 Å². The minimum atomic E-state index is -0.890. The molecule has 0 bridgehead atoms. The molecule has 39 heavy (non-hydrogen) atoms. The molecule has 2 heterocycles. The van der Waals surface area contributed by atoms with E-state index in [1.807, 2.05) is 19.9 Å². The third kappa shape index (κ3) is 5.05. The average Bonchev–Trinajstić information content (AvgIpc) is 3.49. The zero-order valence-corrected chi connectivity index (χ0v) is 22.7. The molecule has 4 aromatic rings. The van der Waals surface area contributed by atoms with Crippen molar-refractivity contribution in [1.82, 2.24) is 4.98 Å². The van der Waals surface area contributed by atoms with Crippen molar-refractivity contribution in [2.24, 2.45) is 0 Å². The van der Waals surface area contributed by atoms with Gasteiger partial charge in [-0.25, -0.2) is 4.98 Å². The van der Waals surface area contributed by atoms with E-state index in [-0.39, 0.29) is 11.3 Å². The Labute approximate surface area is 230 Å². The first-order valence-electron chi connectivity index (χ1n) is 12.7. The Hall–Kier alpha value is -4.37. The Morgan fingerprint density at radius 2 is 1.62 bits per heavy atom. The highest BCUT2D eigenvalue weighted by Crippen LogP contribution is 2.45. The van der Waals surface area contributed by atoms with Crippen LogP contribution in [0, 0.1) is 0 Å². The van der Waals surface area contributed by atoms with Gasteiger partial charge >= 0.3 is 5.91 Å². The summed E-state index contributed by atoms with van der Waals surface area (Å²) in [7, 11) is 1.58. The van der Waals surface area contributed by atoms with Gasteiger partial charge in [-0.15, -0.1) is 0 Å². The normalized spacial score (nSPS) is 16.6. The largest absolute Gasteiger partial charge is 0.507 e. The minimum absolute atomic E-state index is 0.0109. The summed E-state index contributed by atoms with van der Waals surface area (Å²) in [6.07, 6.45) is 0.867. The molecule has 1 aromatic heterocycles. The number of anilines is 1. The topological polar surface area (TPSA) is 98.2 Å². The lowest BCUT2D eigenvalue weighted by atomic mass is 9.95. The molecule has 1 amide bonds. The van der Waals surface area contributed by atoms with Crippen LogP contribution in [-0.4, -0.2) is 42.1 Å². The smallest absolute Gasteiger partial charge is 0.301 e.